The molecule has 86 valence electrons. The van der Waals surface area contributed by atoms with E-state index in [0.717, 1.165) is 12.5 Å². The van der Waals surface area contributed by atoms with Gasteiger partial charge < -0.3 is 9.80 Å². The highest BCUT2D eigenvalue weighted by Gasteiger charge is 2.34. The van der Waals surface area contributed by atoms with Gasteiger partial charge in [0.15, 0.2) is 0 Å². The van der Waals surface area contributed by atoms with Crippen molar-refractivity contribution in [1.82, 2.24) is 9.80 Å². The van der Waals surface area contributed by atoms with Crippen LogP contribution in [-0.2, 0) is 4.79 Å². The lowest BCUT2D eigenvalue weighted by Crippen LogP contribution is -2.43. The maximum absolute atomic E-state index is 11.5. The number of hydrogen-bond acceptors (Lipinski definition) is 2. The van der Waals surface area contributed by atoms with Crippen molar-refractivity contribution >= 4 is 5.91 Å². The molecule has 15 heavy (non-hydrogen) atoms. The zero-order valence-electron chi connectivity index (χ0n) is 9.91. The maximum atomic E-state index is 11.5. The van der Waals surface area contributed by atoms with Crippen LogP contribution in [0.4, 0.5) is 0 Å². The summed E-state index contributed by atoms with van der Waals surface area (Å²) in [6.45, 7) is 5.11. The Hall–Kier alpha value is -0.570. The van der Waals surface area contributed by atoms with Crippen molar-refractivity contribution in [1.29, 1.82) is 0 Å². The zero-order chi connectivity index (χ0) is 10.8. The lowest BCUT2D eigenvalue weighted by Gasteiger charge is -2.36. The molecule has 1 atom stereocenters. The van der Waals surface area contributed by atoms with E-state index < -0.39 is 0 Å². The minimum atomic E-state index is 0.274. The zero-order valence-corrected chi connectivity index (χ0v) is 9.91. The normalized spacial score (nSPS) is 29.7. The Kier molecular flexibility index (Phi) is 3.29. The largest absolute Gasteiger partial charge is 0.340 e. The number of rotatable bonds is 1. The van der Waals surface area contributed by atoms with E-state index >= 15 is 0 Å². The Morgan fingerprint density at radius 3 is 2.40 bits per heavy atom. The van der Waals surface area contributed by atoms with Gasteiger partial charge in [0.1, 0.15) is 0 Å². The van der Waals surface area contributed by atoms with Crippen LogP contribution >= 0.6 is 0 Å². The number of amides is 1. The number of carbonyl (C=O) groups excluding carboxylic acids is 1. The molecule has 2 fully saturated rings. The molecule has 2 heterocycles. The summed E-state index contributed by atoms with van der Waals surface area (Å²) in [6, 6.07) is 0.552. The lowest BCUT2D eigenvalue weighted by molar-refractivity contribution is -0.130. The van der Waals surface area contributed by atoms with Gasteiger partial charge in [0.05, 0.1) is 0 Å². The Bertz CT molecular complexity index is 234. The van der Waals surface area contributed by atoms with Crippen LogP contribution in [0.15, 0.2) is 0 Å². The van der Waals surface area contributed by atoms with Gasteiger partial charge in [-0.1, -0.05) is 0 Å². The molecule has 2 rings (SSSR count). The summed E-state index contributed by atoms with van der Waals surface area (Å²) in [6.07, 6.45) is 4.97. The highest BCUT2D eigenvalue weighted by molar-refractivity contribution is 5.73. The van der Waals surface area contributed by atoms with Gasteiger partial charge in [0.2, 0.25) is 5.91 Å². The fraction of sp³-hybridized carbons (Fsp3) is 0.917. The summed E-state index contributed by atoms with van der Waals surface area (Å²) in [5.41, 5.74) is 0. The fourth-order valence-electron chi connectivity index (χ4n) is 3.09. The molecule has 2 saturated heterocycles. The second kappa shape index (κ2) is 4.52. The molecular weight excluding hydrogens is 188 g/mol. The van der Waals surface area contributed by atoms with E-state index in [1.807, 2.05) is 0 Å². The molecule has 3 nitrogen and oxygen atoms in total. The molecule has 2 aliphatic rings. The predicted octanol–water partition coefficient (Wildman–Crippen LogP) is 1.34. The summed E-state index contributed by atoms with van der Waals surface area (Å²) in [7, 11) is 2.19. The van der Waals surface area contributed by atoms with Crippen molar-refractivity contribution in [2.75, 3.05) is 26.7 Å². The number of carbonyl (C=O) groups is 1. The lowest BCUT2D eigenvalue weighted by atomic mass is 9.88. The summed E-state index contributed by atoms with van der Waals surface area (Å²) >= 11 is 0. The smallest absolute Gasteiger partial charge is 0.219 e. The first kappa shape index (κ1) is 10.9. The minimum Gasteiger partial charge on any atom is -0.340 e. The Morgan fingerprint density at radius 2 is 1.80 bits per heavy atom. The van der Waals surface area contributed by atoms with Crippen LogP contribution < -0.4 is 0 Å². The van der Waals surface area contributed by atoms with Crippen LogP contribution in [0.1, 0.15) is 32.6 Å². The van der Waals surface area contributed by atoms with E-state index in [1.165, 1.54) is 38.8 Å². The molecule has 0 aliphatic carbocycles. The minimum absolute atomic E-state index is 0.274. The first-order valence-electron chi connectivity index (χ1n) is 6.14. The van der Waals surface area contributed by atoms with Gasteiger partial charge >= 0.3 is 0 Å². The van der Waals surface area contributed by atoms with E-state index in [0.29, 0.717) is 6.04 Å². The Labute approximate surface area is 92.4 Å². The first-order valence-corrected chi connectivity index (χ1v) is 6.14. The van der Waals surface area contributed by atoms with Crippen LogP contribution in [0.2, 0.25) is 0 Å². The van der Waals surface area contributed by atoms with Crippen molar-refractivity contribution in [3.05, 3.63) is 0 Å². The summed E-state index contributed by atoms with van der Waals surface area (Å²) in [5.74, 6) is 1.03. The molecule has 2 aliphatic heterocycles. The predicted molar refractivity (Wildman–Crippen MR) is 60.6 cm³/mol. The molecule has 0 saturated carbocycles. The average molecular weight is 210 g/mol. The molecule has 0 bridgehead atoms. The van der Waals surface area contributed by atoms with E-state index in [4.69, 9.17) is 0 Å². The summed E-state index contributed by atoms with van der Waals surface area (Å²) in [4.78, 5) is 16.0. The molecule has 3 heteroatoms. The first-order chi connectivity index (χ1) is 7.18. The highest BCUT2D eigenvalue weighted by atomic mass is 16.2. The third kappa shape index (κ3) is 2.33. The Morgan fingerprint density at radius 1 is 1.13 bits per heavy atom. The molecule has 1 unspecified atom stereocenters. The van der Waals surface area contributed by atoms with Gasteiger partial charge in [-0.2, -0.15) is 0 Å². The number of likely N-dealkylation sites (tertiary alicyclic amines) is 2. The second-order valence-electron chi connectivity index (χ2n) is 5.06. The molecule has 0 aromatic carbocycles. The van der Waals surface area contributed by atoms with Gasteiger partial charge in [0, 0.05) is 19.5 Å². The Balaban J connectivity index is 1.94. The van der Waals surface area contributed by atoms with E-state index in [2.05, 4.69) is 16.8 Å². The van der Waals surface area contributed by atoms with Crippen LogP contribution in [0.25, 0.3) is 0 Å². The molecule has 0 radical (unpaired) electrons. The van der Waals surface area contributed by atoms with Gasteiger partial charge in [-0.25, -0.2) is 0 Å². The molecule has 0 spiro atoms. The molecule has 1 amide bonds. The van der Waals surface area contributed by atoms with Gasteiger partial charge in [-0.3, -0.25) is 4.79 Å². The van der Waals surface area contributed by atoms with E-state index in [-0.39, 0.29) is 5.91 Å². The maximum Gasteiger partial charge on any atom is 0.219 e. The number of hydrogen-bond donors (Lipinski definition) is 0. The van der Waals surface area contributed by atoms with Crippen LogP contribution in [0.3, 0.4) is 0 Å². The summed E-state index contributed by atoms with van der Waals surface area (Å²) in [5, 5.41) is 0. The third-order valence-electron chi connectivity index (χ3n) is 4.01. The fourth-order valence-corrected chi connectivity index (χ4v) is 3.09. The van der Waals surface area contributed by atoms with Crippen molar-refractivity contribution in [2.45, 2.75) is 38.6 Å². The van der Waals surface area contributed by atoms with Crippen molar-refractivity contribution in [3.8, 4) is 0 Å². The van der Waals surface area contributed by atoms with Crippen molar-refractivity contribution in [3.63, 3.8) is 0 Å². The standard InChI is InChI=1S/C12H22N2O/c1-10(15)14-7-3-4-12(14)11-5-8-13(2)9-6-11/h11-12H,3-9H2,1-2H3. The van der Waals surface area contributed by atoms with Crippen LogP contribution in [0.5, 0.6) is 0 Å². The monoisotopic (exact) mass is 210 g/mol. The van der Waals surface area contributed by atoms with E-state index in [9.17, 15) is 4.79 Å². The third-order valence-corrected chi connectivity index (χ3v) is 4.01. The van der Waals surface area contributed by atoms with E-state index in [1.54, 1.807) is 6.92 Å². The second-order valence-corrected chi connectivity index (χ2v) is 5.06. The molecule has 0 aromatic rings. The van der Waals surface area contributed by atoms with Crippen LogP contribution in [0, 0.1) is 5.92 Å². The molecular formula is C12H22N2O. The van der Waals surface area contributed by atoms with Gasteiger partial charge in [-0.05, 0) is 51.7 Å². The van der Waals surface area contributed by atoms with Gasteiger partial charge in [0.25, 0.3) is 0 Å². The number of piperidine rings is 1. The van der Waals surface area contributed by atoms with Gasteiger partial charge in [-0.15, -0.1) is 0 Å². The highest BCUT2D eigenvalue weighted by Crippen LogP contribution is 2.30. The SMILES string of the molecule is CC(=O)N1CCCC1C1CCN(C)CC1. The van der Waals surface area contributed by atoms with Crippen molar-refractivity contribution < 1.29 is 4.79 Å². The summed E-state index contributed by atoms with van der Waals surface area (Å²) < 4.78 is 0. The number of nitrogens with zero attached hydrogens (tertiary/aromatic N) is 2. The average Bonchev–Trinajstić information content (AvgIpc) is 2.67. The molecule has 0 N–H and O–H groups in total. The van der Waals surface area contributed by atoms with Crippen LogP contribution in [-0.4, -0.2) is 48.4 Å². The quantitative estimate of drug-likeness (QED) is 0.652. The topological polar surface area (TPSA) is 23.6 Å². The molecule has 0 aromatic heterocycles. The van der Waals surface area contributed by atoms with Crippen molar-refractivity contribution in [2.24, 2.45) is 5.92 Å².